The molecule has 1 aromatic carbocycles. The molecule has 0 saturated heterocycles. The Labute approximate surface area is 174 Å². The molecule has 0 aliphatic heterocycles. The third kappa shape index (κ3) is 7.11. The van der Waals surface area contributed by atoms with Crippen molar-refractivity contribution in [3.05, 3.63) is 47.5 Å². The molecule has 0 spiro atoms. The van der Waals surface area contributed by atoms with Gasteiger partial charge in [0.25, 0.3) is 0 Å². The van der Waals surface area contributed by atoms with Crippen LogP contribution in [0.25, 0.3) is 0 Å². The Bertz CT molecular complexity index is 794. The number of aliphatic imine (C=N–C) groups is 1. The van der Waals surface area contributed by atoms with Gasteiger partial charge in [0.05, 0.1) is 13.2 Å². The molecule has 2 aromatic rings. The second kappa shape index (κ2) is 10.9. The van der Waals surface area contributed by atoms with Crippen molar-refractivity contribution in [3.8, 4) is 5.75 Å². The van der Waals surface area contributed by atoms with Crippen molar-refractivity contribution in [1.82, 2.24) is 20.2 Å². The number of imidazole rings is 1. The number of rotatable bonds is 11. The maximum Gasteiger partial charge on any atom is 0.191 e. The number of aryl methyl sites for hydroxylation is 3. The van der Waals surface area contributed by atoms with Crippen molar-refractivity contribution in [2.24, 2.45) is 10.9 Å². The summed E-state index contributed by atoms with van der Waals surface area (Å²) in [5.41, 5.74) is 2.37. The number of hydrogen-bond acceptors (Lipinski definition) is 3. The molecule has 0 unspecified atom stereocenters. The summed E-state index contributed by atoms with van der Waals surface area (Å²) in [5, 5.41) is 6.79. The Morgan fingerprint density at radius 1 is 1.24 bits per heavy atom. The molecule has 0 amide bonds. The lowest BCUT2D eigenvalue weighted by Crippen LogP contribution is -2.37. The summed E-state index contributed by atoms with van der Waals surface area (Å²) >= 11 is 0. The third-order valence-electron chi connectivity index (χ3n) is 5.19. The van der Waals surface area contributed by atoms with Crippen molar-refractivity contribution in [2.45, 2.75) is 59.5 Å². The molecule has 6 heteroatoms. The summed E-state index contributed by atoms with van der Waals surface area (Å²) in [6.07, 6.45) is 8.70. The number of benzene rings is 1. The van der Waals surface area contributed by atoms with E-state index in [1.54, 1.807) is 0 Å². The fourth-order valence-electron chi connectivity index (χ4n) is 3.18. The van der Waals surface area contributed by atoms with Crippen molar-refractivity contribution in [3.63, 3.8) is 0 Å². The quantitative estimate of drug-likeness (QED) is 0.344. The van der Waals surface area contributed by atoms with Crippen molar-refractivity contribution in [2.75, 3.05) is 19.7 Å². The van der Waals surface area contributed by atoms with E-state index < -0.39 is 0 Å². The molecule has 0 radical (unpaired) electrons. The minimum absolute atomic E-state index is 0.615. The number of guanidine groups is 1. The van der Waals surface area contributed by atoms with Crippen LogP contribution in [0.2, 0.25) is 0 Å². The van der Waals surface area contributed by atoms with Crippen molar-refractivity contribution < 1.29 is 4.74 Å². The monoisotopic (exact) mass is 397 g/mol. The van der Waals surface area contributed by atoms with E-state index >= 15 is 0 Å². The number of hydrogen-bond donors (Lipinski definition) is 2. The predicted molar refractivity (Wildman–Crippen MR) is 118 cm³/mol. The highest BCUT2D eigenvalue weighted by molar-refractivity contribution is 5.79. The Morgan fingerprint density at radius 3 is 2.83 bits per heavy atom. The highest BCUT2D eigenvalue weighted by Crippen LogP contribution is 2.30. The van der Waals surface area contributed by atoms with Gasteiger partial charge in [-0.25, -0.2) is 9.98 Å². The highest BCUT2D eigenvalue weighted by atomic mass is 16.5. The summed E-state index contributed by atoms with van der Waals surface area (Å²) < 4.78 is 8.27. The zero-order valence-electron chi connectivity index (χ0n) is 18.1. The topological polar surface area (TPSA) is 63.5 Å². The lowest BCUT2D eigenvalue weighted by Gasteiger charge is -2.14. The van der Waals surface area contributed by atoms with Gasteiger partial charge in [-0.1, -0.05) is 12.1 Å². The van der Waals surface area contributed by atoms with Crippen molar-refractivity contribution >= 4 is 5.96 Å². The van der Waals surface area contributed by atoms with E-state index in [0.717, 1.165) is 68.1 Å². The maximum atomic E-state index is 6.07. The molecular formula is C23H35N5O. The number of ether oxygens (including phenoxy) is 1. The Balaban J connectivity index is 1.48. The van der Waals surface area contributed by atoms with Crippen LogP contribution in [0.5, 0.6) is 5.75 Å². The van der Waals surface area contributed by atoms with Gasteiger partial charge in [-0.2, -0.15) is 0 Å². The summed E-state index contributed by atoms with van der Waals surface area (Å²) in [6.45, 7) is 10.4. The molecule has 1 aliphatic carbocycles. The Hall–Kier alpha value is -2.50. The minimum atomic E-state index is 0.615. The molecule has 1 fully saturated rings. The maximum absolute atomic E-state index is 6.07. The van der Waals surface area contributed by atoms with E-state index in [-0.39, 0.29) is 0 Å². The first kappa shape index (κ1) is 21.2. The summed E-state index contributed by atoms with van der Waals surface area (Å²) in [4.78, 5) is 9.05. The van der Waals surface area contributed by atoms with Crippen LogP contribution < -0.4 is 15.4 Å². The first-order valence-electron chi connectivity index (χ1n) is 10.9. The molecule has 6 nitrogen and oxygen atoms in total. The van der Waals surface area contributed by atoms with Crippen LogP contribution in [0.1, 0.15) is 49.6 Å². The van der Waals surface area contributed by atoms with Gasteiger partial charge >= 0.3 is 0 Å². The van der Waals surface area contributed by atoms with Gasteiger partial charge in [0.1, 0.15) is 11.6 Å². The summed E-state index contributed by atoms with van der Waals surface area (Å²) in [6, 6.07) is 6.40. The third-order valence-corrected chi connectivity index (χ3v) is 5.19. The zero-order valence-corrected chi connectivity index (χ0v) is 18.1. The average molecular weight is 398 g/mol. The number of nitrogens with one attached hydrogen (secondary N) is 2. The lowest BCUT2D eigenvalue weighted by atomic mass is 10.1. The van der Waals surface area contributed by atoms with Crippen LogP contribution in [0.15, 0.2) is 35.6 Å². The average Bonchev–Trinajstić information content (AvgIpc) is 3.46. The second-order valence-corrected chi connectivity index (χ2v) is 7.86. The fourth-order valence-corrected chi connectivity index (χ4v) is 3.18. The molecule has 29 heavy (non-hydrogen) atoms. The van der Waals surface area contributed by atoms with Gasteiger partial charge in [-0.15, -0.1) is 0 Å². The van der Waals surface area contributed by atoms with Crippen LogP contribution in [0.3, 0.4) is 0 Å². The minimum Gasteiger partial charge on any atom is -0.493 e. The molecule has 0 atom stereocenters. The first-order valence-corrected chi connectivity index (χ1v) is 10.9. The van der Waals surface area contributed by atoms with Crippen LogP contribution in [-0.4, -0.2) is 35.2 Å². The van der Waals surface area contributed by atoms with Crippen LogP contribution in [0.4, 0.5) is 0 Å². The largest absolute Gasteiger partial charge is 0.493 e. The van der Waals surface area contributed by atoms with E-state index in [4.69, 9.17) is 9.73 Å². The van der Waals surface area contributed by atoms with Crippen molar-refractivity contribution in [1.29, 1.82) is 0 Å². The normalized spacial score (nSPS) is 14.1. The Morgan fingerprint density at radius 2 is 2.10 bits per heavy atom. The van der Waals surface area contributed by atoms with Gasteiger partial charge in [0.15, 0.2) is 5.96 Å². The van der Waals surface area contributed by atoms with E-state index in [2.05, 4.69) is 52.2 Å². The highest BCUT2D eigenvalue weighted by Gasteiger charge is 2.22. The number of nitrogens with zero attached hydrogens (tertiary/aromatic N) is 3. The Kier molecular flexibility index (Phi) is 7.96. The predicted octanol–water partition coefficient (Wildman–Crippen LogP) is 3.82. The molecule has 158 valence electrons. The molecule has 1 heterocycles. The van der Waals surface area contributed by atoms with Crippen LogP contribution in [0, 0.1) is 19.8 Å². The first-order chi connectivity index (χ1) is 14.2. The van der Waals surface area contributed by atoms with E-state index in [9.17, 15) is 0 Å². The van der Waals surface area contributed by atoms with Gasteiger partial charge in [0, 0.05) is 37.6 Å². The lowest BCUT2D eigenvalue weighted by molar-refractivity contribution is 0.296. The fraction of sp³-hybridized carbons (Fsp3) is 0.565. The molecule has 1 aromatic heterocycles. The molecule has 1 aliphatic rings. The van der Waals surface area contributed by atoms with E-state index in [1.165, 1.54) is 18.4 Å². The number of aromatic nitrogens is 2. The summed E-state index contributed by atoms with van der Waals surface area (Å²) in [7, 11) is 0. The molecule has 2 N–H and O–H groups in total. The standard InChI is InChI=1S/C23H35N5O/c1-4-24-23(26-11-5-6-13-28-14-12-25-19(28)3)27-16-21-10-7-18(2)15-22(21)29-17-20-8-9-20/h7,10,12,14-15,20H,4-6,8-9,11,13,16-17H2,1-3H3,(H2,24,26,27). The van der Waals surface area contributed by atoms with Gasteiger partial charge < -0.3 is 19.9 Å². The molecular weight excluding hydrogens is 362 g/mol. The SMILES string of the molecule is CCNC(=NCc1ccc(C)cc1OCC1CC1)NCCCCn1ccnc1C. The molecule has 1 saturated carbocycles. The van der Waals surface area contributed by atoms with Crippen LogP contribution >= 0.6 is 0 Å². The van der Waals surface area contributed by atoms with Gasteiger partial charge in [0.2, 0.25) is 0 Å². The molecule has 0 bridgehead atoms. The van der Waals surface area contributed by atoms with Gasteiger partial charge in [-0.3, -0.25) is 0 Å². The summed E-state index contributed by atoms with van der Waals surface area (Å²) in [5.74, 6) is 3.66. The smallest absolute Gasteiger partial charge is 0.191 e. The number of unbranched alkanes of at least 4 members (excludes halogenated alkanes) is 1. The van der Waals surface area contributed by atoms with E-state index in [0.29, 0.717) is 6.54 Å². The zero-order chi connectivity index (χ0) is 20.5. The van der Waals surface area contributed by atoms with Crippen LogP contribution in [-0.2, 0) is 13.1 Å². The van der Waals surface area contributed by atoms with E-state index in [1.807, 2.05) is 19.3 Å². The second-order valence-electron chi connectivity index (χ2n) is 7.86. The molecule has 3 rings (SSSR count). The van der Waals surface area contributed by atoms with Gasteiger partial charge in [-0.05, 0) is 64.0 Å².